The van der Waals surface area contributed by atoms with Crippen LogP contribution in [0, 0.1) is 11.3 Å². The first-order valence-electron chi connectivity index (χ1n) is 5.93. The molecule has 1 aromatic carbocycles. The summed E-state index contributed by atoms with van der Waals surface area (Å²) in [6.07, 6.45) is 1.57. The third-order valence-electron chi connectivity index (χ3n) is 2.67. The average Bonchev–Trinajstić information content (AvgIpc) is 2.41. The topological polar surface area (TPSA) is 45.9 Å². The molecule has 1 heterocycles. The second-order valence-electron chi connectivity index (χ2n) is 4.43. The van der Waals surface area contributed by atoms with E-state index in [-0.39, 0.29) is 0 Å². The zero-order chi connectivity index (χ0) is 13.8. The fourth-order valence-corrected chi connectivity index (χ4v) is 2.09. The van der Waals surface area contributed by atoms with Gasteiger partial charge >= 0.3 is 0 Å². The number of benzene rings is 1. The van der Waals surface area contributed by atoms with Crippen LogP contribution in [0.4, 0.5) is 0 Å². The Balaban J connectivity index is 2.35. The predicted molar refractivity (Wildman–Crippen MR) is 77.3 cm³/mol. The number of nitriles is 1. The summed E-state index contributed by atoms with van der Waals surface area (Å²) in [5.74, 6) is 1.54. The molecule has 0 saturated carbocycles. The number of pyridine rings is 1. The minimum absolute atomic E-state index is 0.339. The molecule has 4 heteroatoms. The molecule has 0 N–H and O–H groups in total. The Bertz CT molecular complexity index is 632. The molecule has 1 aromatic heterocycles. The number of hydrogen-bond donors (Lipinski definition) is 0. The first-order valence-corrected chi connectivity index (χ1v) is 6.73. The van der Waals surface area contributed by atoms with Crippen molar-refractivity contribution in [2.24, 2.45) is 0 Å². The fraction of sp³-hybridized carbons (Fsp3) is 0.200. The van der Waals surface area contributed by atoms with Crippen LogP contribution in [0.1, 0.15) is 30.9 Å². The molecule has 0 radical (unpaired) electrons. The maximum absolute atomic E-state index is 8.87. The van der Waals surface area contributed by atoms with Gasteiger partial charge in [0.1, 0.15) is 5.75 Å². The fourth-order valence-electron chi connectivity index (χ4n) is 1.71. The first kappa shape index (κ1) is 13.6. The molecule has 0 aliphatic carbocycles. The van der Waals surface area contributed by atoms with E-state index in [1.54, 1.807) is 18.3 Å². The molecule has 0 atom stereocenters. The number of halogens is 1. The Morgan fingerprint density at radius 1 is 1.26 bits per heavy atom. The van der Waals surface area contributed by atoms with Gasteiger partial charge in [0.05, 0.1) is 11.6 Å². The van der Waals surface area contributed by atoms with E-state index in [0.29, 0.717) is 17.4 Å². The van der Waals surface area contributed by atoms with E-state index in [0.717, 1.165) is 15.8 Å². The molecule has 0 bridgehead atoms. The molecule has 19 heavy (non-hydrogen) atoms. The van der Waals surface area contributed by atoms with Gasteiger partial charge in [0.25, 0.3) is 0 Å². The van der Waals surface area contributed by atoms with Gasteiger partial charge in [-0.15, -0.1) is 0 Å². The monoisotopic (exact) mass is 316 g/mol. The van der Waals surface area contributed by atoms with Gasteiger partial charge in [-0.25, -0.2) is 4.98 Å². The van der Waals surface area contributed by atoms with Gasteiger partial charge in [-0.3, -0.25) is 0 Å². The Morgan fingerprint density at radius 3 is 2.74 bits per heavy atom. The Hall–Kier alpha value is -1.86. The van der Waals surface area contributed by atoms with E-state index in [1.807, 2.05) is 18.2 Å². The molecular weight excluding hydrogens is 304 g/mol. The molecule has 0 amide bonds. The number of aromatic nitrogens is 1. The summed E-state index contributed by atoms with van der Waals surface area (Å²) >= 11 is 3.46. The summed E-state index contributed by atoms with van der Waals surface area (Å²) in [6, 6.07) is 11.2. The van der Waals surface area contributed by atoms with E-state index >= 15 is 0 Å². The SMILES string of the molecule is CC(C)c1cc(Br)ccc1Oc1cc(C#N)ccn1. The molecule has 2 rings (SSSR count). The first-order chi connectivity index (χ1) is 9.10. The van der Waals surface area contributed by atoms with Crippen molar-refractivity contribution >= 4 is 15.9 Å². The molecule has 0 aliphatic rings. The van der Waals surface area contributed by atoms with Crippen molar-refractivity contribution in [2.75, 3.05) is 0 Å². The van der Waals surface area contributed by atoms with E-state index in [9.17, 15) is 0 Å². The molecule has 96 valence electrons. The smallest absolute Gasteiger partial charge is 0.220 e. The number of nitrogens with zero attached hydrogens (tertiary/aromatic N) is 2. The third kappa shape index (κ3) is 3.33. The minimum Gasteiger partial charge on any atom is -0.439 e. The van der Waals surface area contributed by atoms with Crippen LogP contribution in [-0.4, -0.2) is 4.98 Å². The van der Waals surface area contributed by atoms with Crippen LogP contribution in [0.3, 0.4) is 0 Å². The van der Waals surface area contributed by atoms with Gasteiger partial charge in [-0.2, -0.15) is 5.26 Å². The van der Waals surface area contributed by atoms with E-state index in [4.69, 9.17) is 10.00 Å². The Kier molecular flexibility index (Phi) is 4.18. The van der Waals surface area contributed by atoms with Gasteiger partial charge in [-0.1, -0.05) is 29.8 Å². The highest BCUT2D eigenvalue weighted by Gasteiger charge is 2.10. The summed E-state index contributed by atoms with van der Waals surface area (Å²) in [6.45, 7) is 4.21. The molecule has 2 aromatic rings. The van der Waals surface area contributed by atoms with Gasteiger partial charge in [0.15, 0.2) is 0 Å². The normalized spacial score (nSPS) is 10.3. The largest absolute Gasteiger partial charge is 0.439 e. The van der Waals surface area contributed by atoms with E-state index < -0.39 is 0 Å². The highest BCUT2D eigenvalue weighted by atomic mass is 79.9. The molecule has 0 aliphatic heterocycles. The lowest BCUT2D eigenvalue weighted by molar-refractivity contribution is 0.454. The quantitative estimate of drug-likeness (QED) is 0.829. The highest BCUT2D eigenvalue weighted by Crippen LogP contribution is 2.32. The molecule has 3 nitrogen and oxygen atoms in total. The number of ether oxygens (including phenoxy) is 1. The Labute approximate surface area is 121 Å². The minimum atomic E-state index is 0.339. The van der Waals surface area contributed by atoms with Crippen LogP contribution >= 0.6 is 15.9 Å². The van der Waals surface area contributed by atoms with Crippen LogP contribution in [0.5, 0.6) is 11.6 Å². The summed E-state index contributed by atoms with van der Waals surface area (Å²) in [4.78, 5) is 4.12. The van der Waals surface area contributed by atoms with Crippen molar-refractivity contribution in [3.05, 3.63) is 52.1 Å². The van der Waals surface area contributed by atoms with Crippen molar-refractivity contribution in [3.8, 4) is 17.7 Å². The van der Waals surface area contributed by atoms with Crippen molar-refractivity contribution in [3.63, 3.8) is 0 Å². The van der Waals surface area contributed by atoms with Crippen LogP contribution in [0.2, 0.25) is 0 Å². The Morgan fingerprint density at radius 2 is 2.05 bits per heavy atom. The van der Waals surface area contributed by atoms with Crippen LogP contribution in [-0.2, 0) is 0 Å². The standard InChI is InChI=1S/C15H13BrN2O/c1-10(2)13-8-12(16)3-4-14(13)19-15-7-11(9-17)5-6-18-15/h3-8,10H,1-2H3. The summed E-state index contributed by atoms with van der Waals surface area (Å²) < 4.78 is 6.80. The number of hydrogen-bond acceptors (Lipinski definition) is 3. The summed E-state index contributed by atoms with van der Waals surface area (Å²) in [7, 11) is 0. The van der Waals surface area contributed by atoms with Gasteiger partial charge < -0.3 is 4.74 Å². The molecule has 0 saturated heterocycles. The van der Waals surface area contributed by atoms with E-state index in [2.05, 4.69) is 40.8 Å². The van der Waals surface area contributed by atoms with Crippen molar-refractivity contribution < 1.29 is 4.74 Å². The summed E-state index contributed by atoms with van der Waals surface area (Å²) in [5, 5.41) is 8.87. The second-order valence-corrected chi connectivity index (χ2v) is 5.35. The zero-order valence-corrected chi connectivity index (χ0v) is 12.3. The highest BCUT2D eigenvalue weighted by molar-refractivity contribution is 9.10. The van der Waals surface area contributed by atoms with Crippen LogP contribution < -0.4 is 4.74 Å². The van der Waals surface area contributed by atoms with Crippen molar-refractivity contribution in [1.82, 2.24) is 4.98 Å². The number of rotatable bonds is 3. The molecule has 0 spiro atoms. The third-order valence-corrected chi connectivity index (χ3v) is 3.17. The van der Waals surface area contributed by atoms with Crippen molar-refractivity contribution in [2.45, 2.75) is 19.8 Å². The van der Waals surface area contributed by atoms with E-state index in [1.165, 1.54) is 0 Å². The predicted octanol–water partition coefficient (Wildman–Crippen LogP) is 4.63. The zero-order valence-electron chi connectivity index (χ0n) is 10.7. The molecule has 0 unspecified atom stereocenters. The van der Waals surface area contributed by atoms with Crippen LogP contribution in [0.15, 0.2) is 41.0 Å². The van der Waals surface area contributed by atoms with Crippen LogP contribution in [0.25, 0.3) is 0 Å². The molecular formula is C15H13BrN2O. The second kappa shape index (κ2) is 5.85. The maximum atomic E-state index is 8.87. The summed E-state index contributed by atoms with van der Waals surface area (Å²) in [5.41, 5.74) is 1.63. The van der Waals surface area contributed by atoms with Gasteiger partial charge in [-0.05, 0) is 35.7 Å². The van der Waals surface area contributed by atoms with Gasteiger partial charge in [0.2, 0.25) is 5.88 Å². The maximum Gasteiger partial charge on any atom is 0.220 e. The average molecular weight is 317 g/mol. The van der Waals surface area contributed by atoms with Crippen molar-refractivity contribution in [1.29, 1.82) is 5.26 Å². The lowest BCUT2D eigenvalue weighted by Gasteiger charge is -2.13. The van der Waals surface area contributed by atoms with Gasteiger partial charge in [0, 0.05) is 16.7 Å². The lowest BCUT2D eigenvalue weighted by Crippen LogP contribution is -1.95. The molecule has 0 fully saturated rings. The lowest BCUT2D eigenvalue weighted by atomic mass is 10.0.